The number of hydrogen-bond donors (Lipinski definition) is 2. The van der Waals surface area contributed by atoms with Gasteiger partial charge in [0, 0.05) is 23.7 Å². The second-order valence-electron chi connectivity index (χ2n) is 7.65. The van der Waals surface area contributed by atoms with Crippen molar-refractivity contribution in [1.29, 1.82) is 0 Å². The molecule has 3 aromatic rings. The Kier molecular flexibility index (Phi) is 5.95. The summed E-state index contributed by atoms with van der Waals surface area (Å²) in [5.74, 6) is 0.323. The number of carbonyl (C=O) groups excluding carboxylic acids is 1. The Labute approximate surface area is 175 Å². The fraction of sp³-hybridized carbons (Fsp3) is 0.250. The van der Waals surface area contributed by atoms with E-state index in [0.29, 0.717) is 18.0 Å². The molecule has 1 aliphatic heterocycles. The molecular formula is C24H25N2O4+. The fourth-order valence-electron chi connectivity index (χ4n) is 3.74. The number of carbonyl (C=O) groups is 1. The van der Waals surface area contributed by atoms with Gasteiger partial charge in [0.2, 0.25) is 11.2 Å². The molecular weight excluding hydrogens is 380 g/mol. The Bertz CT molecular complexity index is 1110. The SMILES string of the molecule is Cc1cccc(NC(=O)COc2coc(C[NH+]3CCc4ccccc4C3)cc2=O)c1. The molecule has 0 saturated carbocycles. The van der Waals surface area contributed by atoms with Crippen LogP contribution in [0, 0.1) is 6.92 Å². The van der Waals surface area contributed by atoms with Crippen LogP contribution < -0.4 is 20.4 Å². The molecule has 1 aliphatic rings. The number of benzene rings is 2. The van der Waals surface area contributed by atoms with Crippen LogP contribution in [-0.4, -0.2) is 19.1 Å². The summed E-state index contributed by atoms with van der Waals surface area (Å²) >= 11 is 0. The van der Waals surface area contributed by atoms with Gasteiger partial charge in [-0.2, -0.15) is 0 Å². The van der Waals surface area contributed by atoms with Gasteiger partial charge in [-0.15, -0.1) is 0 Å². The van der Waals surface area contributed by atoms with Gasteiger partial charge in [0.15, 0.2) is 12.4 Å². The Morgan fingerprint density at radius 1 is 1.13 bits per heavy atom. The molecule has 1 atom stereocenters. The zero-order valence-electron chi connectivity index (χ0n) is 16.9. The molecule has 154 valence electrons. The fourth-order valence-corrected chi connectivity index (χ4v) is 3.74. The third-order valence-electron chi connectivity index (χ3n) is 5.24. The van der Waals surface area contributed by atoms with Crippen molar-refractivity contribution >= 4 is 11.6 Å². The average Bonchev–Trinajstić information content (AvgIpc) is 2.73. The minimum atomic E-state index is -0.333. The minimum absolute atomic E-state index is 0.0390. The molecule has 1 unspecified atom stereocenters. The van der Waals surface area contributed by atoms with Crippen molar-refractivity contribution in [2.75, 3.05) is 18.5 Å². The highest BCUT2D eigenvalue weighted by Crippen LogP contribution is 2.12. The van der Waals surface area contributed by atoms with E-state index in [9.17, 15) is 9.59 Å². The number of rotatable bonds is 6. The summed E-state index contributed by atoms with van der Waals surface area (Å²) in [5.41, 5.74) is 4.20. The number of amides is 1. The Morgan fingerprint density at radius 3 is 2.77 bits per heavy atom. The highest BCUT2D eigenvalue weighted by molar-refractivity contribution is 5.91. The molecule has 0 spiro atoms. The van der Waals surface area contributed by atoms with E-state index in [1.165, 1.54) is 28.4 Å². The van der Waals surface area contributed by atoms with Crippen LogP contribution in [0.5, 0.6) is 5.75 Å². The van der Waals surface area contributed by atoms with E-state index in [1.807, 2.05) is 25.1 Å². The summed E-state index contributed by atoms with van der Waals surface area (Å²) in [4.78, 5) is 25.8. The number of fused-ring (bicyclic) bond motifs is 1. The quantitative estimate of drug-likeness (QED) is 0.659. The summed E-state index contributed by atoms with van der Waals surface area (Å²) < 4.78 is 11.0. The first-order chi connectivity index (χ1) is 14.6. The number of ether oxygens (including phenoxy) is 1. The molecule has 0 bridgehead atoms. The van der Waals surface area contributed by atoms with E-state index in [1.54, 1.807) is 6.07 Å². The normalized spacial score (nSPS) is 15.3. The molecule has 6 nitrogen and oxygen atoms in total. The molecule has 6 heteroatoms. The summed E-state index contributed by atoms with van der Waals surface area (Å²) in [5, 5.41) is 2.75. The monoisotopic (exact) mass is 405 g/mol. The van der Waals surface area contributed by atoms with E-state index in [0.717, 1.165) is 25.1 Å². The van der Waals surface area contributed by atoms with Crippen molar-refractivity contribution in [3.8, 4) is 5.75 Å². The number of anilines is 1. The lowest BCUT2D eigenvalue weighted by Crippen LogP contribution is -3.10. The standard InChI is InChI=1S/C24H24N2O4/c1-17-5-4-8-20(11-17)25-24(28)16-30-23-15-29-21(12-22(23)27)14-26-10-9-18-6-2-3-7-19(18)13-26/h2-8,11-12,15H,9-10,13-14,16H2,1H3,(H,25,28)/p+1. The second-order valence-corrected chi connectivity index (χ2v) is 7.65. The first-order valence-corrected chi connectivity index (χ1v) is 10.1. The molecule has 2 aromatic carbocycles. The van der Waals surface area contributed by atoms with Crippen molar-refractivity contribution in [3.63, 3.8) is 0 Å². The van der Waals surface area contributed by atoms with Crippen molar-refractivity contribution < 1.29 is 18.8 Å². The molecule has 0 saturated heterocycles. The maximum Gasteiger partial charge on any atom is 0.262 e. The first-order valence-electron chi connectivity index (χ1n) is 10.1. The van der Waals surface area contributed by atoms with Gasteiger partial charge in [-0.1, -0.05) is 36.4 Å². The van der Waals surface area contributed by atoms with Crippen LogP contribution in [0.4, 0.5) is 5.69 Å². The van der Waals surface area contributed by atoms with E-state index in [4.69, 9.17) is 9.15 Å². The smallest absolute Gasteiger partial charge is 0.262 e. The number of quaternary nitrogens is 1. The van der Waals surface area contributed by atoms with E-state index in [-0.39, 0.29) is 23.7 Å². The van der Waals surface area contributed by atoms with Gasteiger partial charge in [0.05, 0.1) is 6.54 Å². The zero-order valence-corrected chi connectivity index (χ0v) is 16.9. The van der Waals surface area contributed by atoms with Crippen LogP contribution in [0.2, 0.25) is 0 Å². The third kappa shape index (κ3) is 4.96. The summed E-state index contributed by atoms with van der Waals surface area (Å²) in [6.07, 6.45) is 2.32. The zero-order chi connectivity index (χ0) is 20.9. The topological polar surface area (TPSA) is 73.0 Å². The van der Waals surface area contributed by atoms with Crippen molar-refractivity contribution in [2.45, 2.75) is 26.4 Å². The van der Waals surface area contributed by atoms with Crippen molar-refractivity contribution in [1.82, 2.24) is 0 Å². The minimum Gasteiger partial charge on any atom is -0.477 e. The van der Waals surface area contributed by atoms with Gasteiger partial charge in [-0.3, -0.25) is 9.59 Å². The molecule has 0 radical (unpaired) electrons. The molecule has 1 amide bonds. The molecule has 1 aromatic heterocycles. The van der Waals surface area contributed by atoms with Crippen molar-refractivity contribution in [3.05, 3.63) is 93.5 Å². The highest BCUT2D eigenvalue weighted by atomic mass is 16.5. The number of hydrogen-bond acceptors (Lipinski definition) is 4. The first kappa shape index (κ1) is 19.9. The van der Waals surface area contributed by atoms with Gasteiger partial charge in [-0.25, -0.2) is 0 Å². The lowest BCUT2D eigenvalue weighted by Gasteiger charge is -2.25. The predicted molar refractivity (Wildman–Crippen MR) is 114 cm³/mol. The lowest BCUT2D eigenvalue weighted by molar-refractivity contribution is -0.930. The average molecular weight is 405 g/mol. The van der Waals surface area contributed by atoms with Gasteiger partial charge < -0.3 is 19.4 Å². The summed E-state index contributed by atoms with van der Waals surface area (Å²) in [6.45, 7) is 4.24. The van der Waals surface area contributed by atoms with Crippen LogP contribution in [0.25, 0.3) is 0 Å². The summed E-state index contributed by atoms with van der Waals surface area (Å²) in [7, 11) is 0. The number of nitrogens with one attached hydrogen (secondary N) is 2. The van der Waals surface area contributed by atoms with Gasteiger partial charge >= 0.3 is 0 Å². The van der Waals surface area contributed by atoms with Crippen LogP contribution >= 0.6 is 0 Å². The predicted octanol–water partition coefficient (Wildman–Crippen LogP) is 2.11. The second kappa shape index (κ2) is 8.97. The Balaban J connectivity index is 1.32. The van der Waals surface area contributed by atoms with Crippen LogP contribution in [-0.2, 0) is 24.3 Å². The maximum atomic E-state index is 12.4. The molecule has 2 heterocycles. The van der Waals surface area contributed by atoms with Crippen LogP contribution in [0.1, 0.15) is 22.5 Å². The van der Waals surface area contributed by atoms with Gasteiger partial charge in [0.1, 0.15) is 19.4 Å². The molecule has 30 heavy (non-hydrogen) atoms. The van der Waals surface area contributed by atoms with E-state index >= 15 is 0 Å². The lowest BCUT2D eigenvalue weighted by atomic mass is 10.00. The molecule has 0 fully saturated rings. The van der Waals surface area contributed by atoms with Gasteiger partial charge in [-0.05, 0) is 30.2 Å². The van der Waals surface area contributed by atoms with Crippen LogP contribution in [0.3, 0.4) is 0 Å². The summed E-state index contributed by atoms with van der Waals surface area (Å²) in [6, 6.07) is 17.4. The van der Waals surface area contributed by atoms with E-state index < -0.39 is 0 Å². The largest absolute Gasteiger partial charge is 0.477 e. The van der Waals surface area contributed by atoms with E-state index in [2.05, 4.69) is 29.6 Å². The van der Waals surface area contributed by atoms with Gasteiger partial charge in [0.25, 0.3) is 5.91 Å². The molecule has 4 rings (SSSR count). The highest BCUT2D eigenvalue weighted by Gasteiger charge is 2.20. The number of aryl methyl sites for hydroxylation is 1. The Morgan fingerprint density at radius 2 is 1.97 bits per heavy atom. The van der Waals surface area contributed by atoms with Crippen LogP contribution in [0.15, 0.2) is 70.1 Å². The van der Waals surface area contributed by atoms with Crippen molar-refractivity contribution in [2.24, 2.45) is 0 Å². The molecule has 0 aliphatic carbocycles. The Hall–Kier alpha value is -3.38. The maximum absolute atomic E-state index is 12.4. The molecule has 2 N–H and O–H groups in total. The third-order valence-corrected chi connectivity index (χ3v) is 5.24.